The zero-order valence-electron chi connectivity index (χ0n) is 16.4. The Hall–Kier alpha value is -2.63. The van der Waals surface area contributed by atoms with Gasteiger partial charge in [0.05, 0.1) is 13.1 Å². The molecule has 0 unspecified atom stereocenters. The quantitative estimate of drug-likeness (QED) is 0.162. The van der Waals surface area contributed by atoms with Crippen molar-refractivity contribution in [3.8, 4) is 0 Å². The minimum absolute atomic E-state index is 0. The predicted molar refractivity (Wildman–Crippen MR) is 123 cm³/mol. The van der Waals surface area contributed by atoms with Gasteiger partial charge in [-0.1, -0.05) is 12.1 Å². The van der Waals surface area contributed by atoms with Gasteiger partial charge in [0, 0.05) is 37.6 Å². The molecule has 2 rings (SSSR count). The number of halogens is 1. The van der Waals surface area contributed by atoms with Gasteiger partial charge in [-0.25, -0.2) is 4.99 Å². The number of hydrogen-bond donors (Lipinski definition) is 4. The first-order valence-corrected chi connectivity index (χ1v) is 9.23. The lowest BCUT2D eigenvalue weighted by Gasteiger charge is -2.11. The maximum Gasteiger partial charge on any atom is 0.251 e. The lowest BCUT2D eigenvalue weighted by Crippen LogP contribution is -2.38. The third kappa shape index (κ3) is 9.41. The van der Waals surface area contributed by atoms with Crippen LogP contribution in [0.2, 0.25) is 0 Å². The Balaban J connectivity index is 0.00000420. The summed E-state index contributed by atoms with van der Waals surface area (Å²) < 4.78 is 1.90. The number of carbonyl (C=O) groups excluding carboxylic acids is 2. The number of guanidine groups is 1. The molecular formula is C19H28IN7O2. The van der Waals surface area contributed by atoms with Crippen LogP contribution in [-0.2, 0) is 17.9 Å². The summed E-state index contributed by atoms with van der Waals surface area (Å²) in [4.78, 5) is 27.2. The number of nitrogens with zero attached hydrogens (tertiary/aromatic N) is 3. The van der Waals surface area contributed by atoms with Crippen LogP contribution < -0.4 is 21.7 Å². The number of nitrogens with one attached hydrogen (secondary N) is 3. The van der Waals surface area contributed by atoms with E-state index in [1.807, 2.05) is 36.0 Å². The first kappa shape index (κ1) is 24.4. The van der Waals surface area contributed by atoms with E-state index < -0.39 is 5.91 Å². The fraction of sp³-hybridized carbons (Fsp3) is 0.368. The normalized spacial score (nSPS) is 10.7. The molecule has 0 bridgehead atoms. The molecule has 2 amide bonds. The van der Waals surface area contributed by atoms with E-state index in [-0.39, 0.29) is 36.4 Å². The highest BCUT2D eigenvalue weighted by Crippen LogP contribution is 2.06. The van der Waals surface area contributed by atoms with Gasteiger partial charge in [-0.05, 0) is 37.1 Å². The Labute approximate surface area is 187 Å². The molecule has 0 radical (unpaired) electrons. The summed E-state index contributed by atoms with van der Waals surface area (Å²) in [6.45, 7) is 4.72. The summed E-state index contributed by atoms with van der Waals surface area (Å²) in [6, 6.07) is 8.98. The number of rotatable bonds is 10. The van der Waals surface area contributed by atoms with Gasteiger partial charge in [-0.3, -0.25) is 14.3 Å². The third-order valence-electron chi connectivity index (χ3n) is 3.82. The van der Waals surface area contributed by atoms with Crippen LogP contribution in [0.1, 0.15) is 29.3 Å². The molecule has 0 saturated heterocycles. The Morgan fingerprint density at radius 2 is 1.93 bits per heavy atom. The lowest BCUT2D eigenvalue weighted by molar-refractivity contribution is -0.117. The number of aromatic nitrogens is 2. The number of carbonyl (C=O) groups is 2. The molecule has 0 aliphatic carbocycles. The standard InChI is InChI=1S/C19H27N7O2.HI/c1-2-21-19(22-9-3-11-26-12-4-10-25-26)24-13-15-5-7-16(8-6-15)18(28)23-14-17(20)27;/h4-8,10,12H,2-3,9,11,13-14H2,1H3,(H2,20,27)(H,23,28)(H2,21,22,24);1H. The van der Waals surface area contributed by atoms with Crippen LogP contribution in [-0.4, -0.2) is 47.2 Å². The van der Waals surface area contributed by atoms with Crippen LogP contribution in [0.25, 0.3) is 0 Å². The van der Waals surface area contributed by atoms with E-state index in [2.05, 4.69) is 26.0 Å². The van der Waals surface area contributed by atoms with E-state index in [0.29, 0.717) is 12.1 Å². The van der Waals surface area contributed by atoms with Crippen LogP contribution in [0.3, 0.4) is 0 Å². The maximum atomic E-state index is 11.9. The molecule has 158 valence electrons. The second-order valence-corrected chi connectivity index (χ2v) is 6.09. The van der Waals surface area contributed by atoms with Crippen LogP contribution in [0.15, 0.2) is 47.7 Å². The second-order valence-electron chi connectivity index (χ2n) is 6.09. The van der Waals surface area contributed by atoms with Crippen LogP contribution in [0.5, 0.6) is 0 Å². The minimum Gasteiger partial charge on any atom is -0.368 e. The molecule has 0 aliphatic heterocycles. The number of amides is 2. The van der Waals surface area contributed by atoms with Crippen molar-refractivity contribution in [2.24, 2.45) is 10.7 Å². The van der Waals surface area contributed by atoms with Crippen molar-refractivity contribution < 1.29 is 9.59 Å². The van der Waals surface area contributed by atoms with Crippen LogP contribution in [0.4, 0.5) is 0 Å². The zero-order chi connectivity index (χ0) is 20.2. The van der Waals surface area contributed by atoms with E-state index in [0.717, 1.165) is 37.6 Å². The summed E-state index contributed by atoms with van der Waals surface area (Å²) >= 11 is 0. The molecule has 1 aromatic carbocycles. The molecule has 5 N–H and O–H groups in total. The number of benzene rings is 1. The summed E-state index contributed by atoms with van der Waals surface area (Å²) in [5.74, 6) is -0.167. The van der Waals surface area contributed by atoms with Crippen LogP contribution in [0, 0.1) is 0 Å². The highest BCUT2D eigenvalue weighted by atomic mass is 127. The summed E-state index contributed by atoms with van der Waals surface area (Å²) in [5.41, 5.74) is 6.46. The van der Waals surface area contributed by atoms with Crippen molar-refractivity contribution in [1.82, 2.24) is 25.7 Å². The van der Waals surface area contributed by atoms with E-state index in [1.165, 1.54) is 0 Å². The lowest BCUT2D eigenvalue weighted by atomic mass is 10.1. The fourth-order valence-electron chi connectivity index (χ4n) is 2.42. The molecule has 29 heavy (non-hydrogen) atoms. The first-order valence-electron chi connectivity index (χ1n) is 9.23. The average Bonchev–Trinajstić information content (AvgIpc) is 3.21. The Kier molecular flexibility index (Phi) is 11.4. The highest BCUT2D eigenvalue weighted by Gasteiger charge is 2.06. The molecule has 0 spiro atoms. The molecule has 0 fully saturated rings. The molecule has 1 heterocycles. The average molecular weight is 513 g/mol. The molecule has 0 saturated carbocycles. The topological polar surface area (TPSA) is 126 Å². The van der Waals surface area contributed by atoms with Crippen molar-refractivity contribution in [2.45, 2.75) is 26.4 Å². The Morgan fingerprint density at radius 3 is 2.55 bits per heavy atom. The van der Waals surface area contributed by atoms with Crippen LogP contribution >= 0.6 is 24.0 Å². The summed E-state index contributed by atoms with van der Waals surface area (Å²) in [5, 5.41) is 13.1. The minimum atomic E-state index is -0.576. The molecule has 0 aliphatic rings. The molecule has 0 atom stereocenters. The van der Waals surface area contributed by atoms with Crippen molar-refractivity contribution in [1.29, 1.82) is 0 Å². The molecule has 1 aromatic heterocycles. The van der Waals surface area contributed by atoms with E-state index >= 15 is 0 Å². The van der Waals surface area contributed by atoms with Crippen molar-refractivity contribution in [3.63, 3.8) is 0 Å². The van der Waals surface area contributed by atoms with Gasteiger partial charge in [-0.15, -0.1) is 24.0 Å². The van der Waals surface area contributed by atoms with Gasteiger partial charge < -0.3 is 21.7 Å². The Morgan fingerprint density at radius 1 is 1.17 bits per heavy atom. The van der Waals surface area contributed by atoms with Crippen molar-refractivity contribution in [2.75, 3.05) is 19.6 Å². The predicted octanol–water partition coefficient (Wildman–Crippen LogP) is 0.862. The number of nitrogens with two attached hydrogens (primary N) is 1. The largest absolute Gasteiger partial charge is 0.368 e. The third-order valence-corrected chi connectivity index (χ3v) is 3.82. The first-order chi connectivity index (χ1) is 13.6. The van der Waals surface area contributed by atoms with Gasteiger partial charge in [0.1, 0.15) is 0 Å². The molecule has 2 aromatic rings. The monoisotopic (exact) mass is 513 g/mol. The maximum absolute atomic E-state index is 11.9. The molecular weight excluding hydrogens is 485 g/mol. The van der Waals surface area contributed by atoms with E-state index in [1.54, 1.807) is 18.3 Å². The smallest absolute Gasteiger partial charge is 0.251 e. The van der Waals surface area contributed by atoms with E-state index in [4.69, 9.17) is 5.73 Å². The van der Waals surface area contributed by atoms with Gasteiger partial charge in [-0.2, -0.15) is 5.10 Å². The highest BCUT2D eigenvalue weighted by molar-refractivity contribution is 14.0. The van der Waals surface area contributed by atoms with Crippen molar-refractivity contribution >= 4 is 41.8 Å². The van der Waals surface area contributed by atoms with E-state index in [9.17, 15) is 9.59 Å². The SMILES string of the molecule is CCNC(=NCc1ccc(C(=O)NCC(N)=O)cc1)NCCCn1cccn1.I. The number of aliphatic imine (C=N–C) groups is 1. The number of primary amides is 1. The van der Waals surface area contributed by atoms with Gasteiger partial charge >= 0.3 is 0 Å². The fourth-order valence-corrected chi connectivity index (χ4v) is 2.42. The summed E-state index contributed by atoms with van der Waals surface area (Å²) in [6.07, 6.45) is 4.64. The number of aryl methyl sites for hydroxylation is 1. The van der Waals surface area contributed by atoms with Gasteiger partial charge in [0.2, 0.25) is 5.91 Å². The van der Waals surface area contributed by atoms with Crippen molar-refractivity contribution in [3.05, 3.63) is 53.9 Å². The van der Waals surface area contributed by atoms with Gasteiger partial charge in [0.25, 0.3) is 5.91 Å². The molecule has 9 nitrogen and oxygen atoms in total. The second kappa shape index (κ2) is 13.5. The zero-order valence-corrected chi connectivity index (χ0v) is 18.8. The number of hydrogen-bond acceptors (Lipinski definition) is 4. The Bertz CT molecular complexity index is 776. The summed E-state index contributed by atoms with van der Waals surface area (Å²) in [7, 11) is 0. The van der Waals surface area contributed by atoms with Gasteiger partial charge in [0.15, 0.2) is 5.96 Å². The molecule has 10 heteroatoms.